The van der Waals surface area contributed by atoms with E-state index in [0.717, 1.165) is 0 Å². The highest BCUT2D eigenvalue weighted by atomic mass is 16.6. The van der Waals surface area contributed by atoms with Crippen molar-refractivity contribution >= 4 is 12.1 Å². The van der Waals surface area contributed by atoms with Crippen molar-refractivity contribution in [3.05, 3.63) is 29.3 Å². The van der Waals surface area contributed by atoms with Crippen LogP contribution in [0.2, 0.25) is 0 Å². The predicted molar refractivity (Wildman–Crippen MR) is 85.4 cm³/mol. The summed E-state index contributed by atoms with van der Waals surface area (Å²) in [5.41, 5.74) is 0.638. The molecule has 0 radical (unpaired) electrons. The van der Waals surface area contributed by atoms with E-state index in [-0.39, 0.29) is 13.0 Å². The molecule has 0 fully saturated rings. The fourth-order valence-electron chi connectivity index (χ4n) is 1.73. The molecule has 2 N–H and O–H groups in total. The molecule has 1 amide bonds. The minimum atomic E-state index is -0.944. The Balaban J connectivity index is 2.68. The topological polar surface area (TPSA) is 84.9 Å². The summed E-state index contributed by atoms with van der Waals surface area (Å²) >= 11 is 0. The average molecular weight is 319 g/mol. The van der Waals surface area contributed by atoms with Crippen LogP contribution < -0.4 is 10.1 Å². The quantitative estimate of drug-likeness (QED) is 0.831. The zero-order valence-electron chi connectivity index (χ0n) is 13.7. The fraction of sp³-hybridized carbons (Fsp3) is 0.412. The first-order valence-electron chi connectivity index (χ1n) is 7.05. The van der Waals surface area contributed by atoms with Crippen molar-refractivity contribution in [3.63, 3.8) is 0 Å². The van der Waals surface area contributed by atoms with Gasteiger partial charge in [0.2, 0.25) is 0 Å². The first-order valence-corrected chi connectivity index (χ1v) is 7.05. The summed E-state index contributed by atoms with van der Waals surface area (Å²) in [6, 6.07) is 5.06. The van der Waals surface area contributed by atoms with E-state index in [0.29, 0.717) is 16.9 Å². The van der Waals surface area contributed by atoms with Gasteiger partial charge in [0.05, 0.1) is 20.1 Å². The van der Waals surface area contributed by atoms with Gasteiger partial charge >= 0.3 is 12.1 Å². The van der Waals surface area contributed by atoms with Gasteiger partial charge in [-0.25, -0.2) is 4.79 Å². The molecule has 0 aliphatic rings. The summed E-state index contributed by atoms with van der Waals surface area (Å²) in [6.07, 6.45) is -0.678. The molecule has 6 nitrogen and oxygen atoms in total. The van der Waals surface area contributed by atoms with Crippen LogP contribution >= 0.6 is 0 Å². The number of methoxy groups -OCH3 is 1. The SMILES string of the molecule is COc1ccc(C#CCNC(=O)OC(C)(C)C)cc1CC(=O)O. The number of hydrogen-bond donors (Lipinski definition) is 2. The molecule has 0 aromatic heterocycles. The van der Waals surface area contributed by atoms with Crippen molar-refractivity contribution in [2.45, 2.75) is 32.8 Å². The van der Waals surface area contributed by atoms with Gasteiger partial charge in [0.25, 0.3) is 0 Å². The summed E-state index contributed by atoms with van der Waals surface area (Å²) in [5.74, 6) is 5.21. The third kappa shape index (κ3) is 7.23. The number of hydrogen-bond acceptors (Lipinski definition) is 4. The van der Waals surface area contributed by atoms with Gasteiger partial charge in [-0.05, 0) is 39.0 Å². The summed E-state index contributed by atoms with van der Waals surface area (Å²) in [4.78, 5) is 22.3. The van der Waals surface area contributed by atoms with Crippen molar-refractivity contribution in [3.8, 4) is 17.6 Å². The largest absolute Gasteiger partial charge is 0.496 e. The lowest BCUT2D eigenvalue weighted by molar-refractivity contribution is -0.136. The zero-order valence-corrected chi connectivity index (χ0v) is 13.7. The lowest BCUT2D eigenvalue weighted by atomic mass is 10.1. The average Bonchev–Trinajstić information content (AvgIpc) is 2.41. The van der Waals surface area contributed by atoms with Crippen LogP contribution in [0.3, 0.4) is 0 Å². The van der Waals surface area contributed by atoms with Crippen molar-refractivity contribution in [1.82, 2.24) is 5.32 Å². The summed E-state index contributed by atoms with van der Waals surface area (Å²) < 4.78 is 10.2. The van der Waals surface area contributed by atoms with E-state index in [1.165, 1.54) is 7.11 Å². The van der Waals surface area contributed by atoms with Crippen LogP contribution in [0.15, 0.2) is 18.2 Å². The first-order chi connectivity index (χ1) is 10.7. The molecular weight excluding hydrogens is 298 g/mol. The number of ether oxygens (including phenoxy) is 2. The Labute approximate surface area is 135 Å². The number of carboxylic acids is 1. The van der Waals surface area contributed by atoms with Gasteiger partial charge in [0.1, 0.15) is 11.4 Å². The maximum Gasteiger partial charge on any atom is 0.408 e. The molecule has 0 aliphatic heterocycles. The second-order valence-electron chi connectivity index (χ2n) is 5.75. The van der Waals surface area contributed by atoms with E-state index in [2.05, 4.69) is 17.2 Å². The number of amides is 1. The minimum Gasteiger partial charge on any atom is -0.496 e. The number of rotatable bonds is 4. The third-order valence-electron chi connectivity index (χ3n) is 2.57. The van der Waals surface area contributed by atoms with Gasteiger partial charge in [-0.15, -0.1) is 0 Å². The fourth-order valence-corrected chi connectivity index (χ4v) is 1.73. The van der Waals surface area contributed by atoms with E-state index < -0.39 is 17.7 Å². The van der Waals surface area contributed by atoms with Crippen LogP contribution in [0.25, 0.3) is 0 Å². The molecule has 0 saturated carbocycles. The molecule has 23 heavy (non-hydrogen) atoms. The van der Waals surface area contributed by atoms with Crippen LogP contribution in [0, 0.1) is 11.8 Å². The molecule has 0 saturated heterocycles. The van der Waals surface area contributed by atoms with Gasteiger partial charge in [0, 0.05) is 11.1 Å². The predicted octanol–water partition coefficient (Wildman–Crippen LogP) is 2.20. The van der Waals surface area contributed by atoms with Crippen molar-refractivity contribution in [2.75, 3.05) is 13.7 Å². The molecule has 0 heterocycles. The van der Waals surface area contributed by atoms with Crippen LogP contribution in [-0.4, -0.2) is 36.4 Å². The summed E-state index contributed by atoms with van der Waals surface area (Å²) in [6.45, 7) is 5.47. The van der Waals surface area contributed by atoms with Gasteiger partial charge in [0.15, 0.2) is 0 Å². The second-order valence-corrected chi connectivity index (χ2v) is 5.75. The highest BCUT2D eigenvalue weighted by molar-refractivity contribution is 5.71. The molecule has 0 spiro atoms. The minimum absolute atomic E-state index is 0.134. The zero-order chi connectivity index (χ0) is 17.5. The molecule has 1 aromatic rings. The maximum absolute atomic E-state index is 11.4. The van der Waals surface area contributed by atoms with Crippen LogP contribution in [0.4, 0.5) is 4.79 Å². The van der Waals surface area contributed by atoms with Crippen molar-refractivity contribution in [1.29, 1.82) is 0 Å². The molecule has 0 atom stereocenters. The second kappa shape index (κ2) is 8.08. The number of carbonyl (C=O) groups is 2. The van der Waals surface area contributed by atoms with Crippen molar-refractivity contribution < 1.29 is 24.2 Å². The maximum atomic E-state index is 11.4. The number of aliphatic carboxylic acids is 1. The molecule has 1 rings (SSSR count). The van der Waals surface area contributed by atoms with Crippen LogP contribution in [0.5, 0.6) is 5.75 Å². The molecule has 0 bridgehead atoms. The Morgan fingerprint density at radius 3 is 2.57 bits per heavy atom. The Morgan fingerprint density at radius 1 is 1.30 bits per heavy atom. The molecule has 124 valence electrons. The normalized spacial score (nSPS) is 10.3. The molecule has 1 aromatic carbocycles. The Morgan fingerprint density at radius 2 is 2.00 bits per heavy atom. The number of nitrogens with one attached hydrogen (secondary N) is 1. The number of benzene rings is 1. The summed E-state index contributed by atoms with van der Waals surface area (Å²) in [5, 5.41) is 11.4. The number of carboxylic acid groups (broad SMARTS) is 1. The van der Waals surface area contributed by atoms with Gasteiger partial charge in [-0.2, -0.15) is 0 Å². The lowest BCUT2D eigenvalue weighted by Gasteiger charge is -2.19. The Hall–Kier alpha value is -2.68. The Kier molecular flexibility index (Phi) is 6.46. The van der Waals surface area contributed by atoms with Crippen molar-refractivity contribution in [2.24, 2.45) is 0 Å². The molecule has 0 unspecified atom stereocenters. The van der Waals surface area contributed by atoms with Crippen LogP contribution in [-0.2, 0) is 16.0 Å². The van der Waals surface area contributed by atoms with E-state index >= 15 is 0 Å². The van der Waals surface area contributed by atoms with E-state index in [1.54, 1.807) is 39.0 Å². The van der Waals surface area contributed by atoms with E-state index in [4.69, 9.17) is 14.6 Å². The highest BCUT2D eigenvalue weighted by Gasteiger charge is 2.15. The summed E-state index contributed by atoms with van der Waals surface area (Å²) in [7, 11) is 1.48. The van der Waals surface area contributed by atoms with Gasteiger partial charge in [-0.3, -0.25) is 4.79 Å². The Bertz CT molecular complexity index is 635. The van der Waals surface area contributed by atoms with E-state index in [9.17, 15) is 9.59 Å². The first kappa shape index (κ1) is 18.4. The van der Waals surface area contributed by atoms with Crippen LogP contribution in [0.1, 0.15) is 31.9 Å². The standard InChI is InChI=1S/C17H21NO5/c1-17(2,3)23-16(21)18-9-5-6-12-7-8-14(22-4)13(10-12)11-15(19)20/h7-8,10H,9,11H2,1-4H3,(H,18,21)(H,19,20). The van der Waals surface area contributed by atoms with E-state index in [1.807, 2.05) is 0 Å². The third-order valence-corrected chi connectivity index (χ3v) is 2.57. The molecular formula is C17H21NO5. The van der Waals surface area contributed by atoms with Gasteiger partial charge in [-0.1, -0.05) is 11.8 Å². The monoisotopic (exact) mass is 319 g/mol. The smallest absolute Gasteiger partial charge is 0.408 e. The number of carbonyl (C=O) groups excluding carboxylic acids is 1. The number of alkyl carbamates (subject to hydrolysis) is 1. The van der Waals surface area contributed by atoms with Gasteiger partial charge < -0.3 is 19.9 Å². The molecule has 6 heteroatoms. The molecule has 0 aliphatic carbocycles. The highest BCUT2D eigenvalue weighted by Crippen LogP contribution is 2.20. The lowest BCUT2D eigenvalue weighted by Crippen LogP contribution is -2.32.